The van der Waals surface area contributed by atoms with E-state index >= 15 is 0 Å². The van der Waals surface area contributed by atoms with Crippen molar-refractivity contribution in [2.45, 2.75) is 53.0 Å². The number of amides is 1. The Bertz CT molecular complexity index is 868. The first-order valence-electron chi connectivity index (χ1n) is 8.71. The van der Waals surface area contributed by atoms with E-state index in [1.54, 1.807) is 0 Å². The van der Waals surface area contributed by atoms with Gasteiger partial charge in [0.15, 0.2) is 0 Å². The molecular formula is C18H26N4O2S. The smallest absolute Gasteiger partial charge is 0.259 e. The molecule has 1 aliphatic heterocycles. The molecular weight excluding hydrogens is 336 g/mol. The molecule has 3 heterocycles. The highest BCUT2D eigenvalue weighted by Gasteiger charge is 2.35. The molecule has 3 N–H and O–H groups in total. The number of piperidine rings is 1. The second kappa shape index (κ2) is 6.53. The number of aromatic nitrogens is 2. The lowest BCUT2D eigenvalue weighted by Gasteiger charge is -2.42. The highest BCUT2D eigenvalue weighted by Crippen LogP contribution is 2.28. The van der Waals surface area contributed by atoms with E-state index in [2.05, 4.69) is 23.8 Å². The average Bonchev–Trinajstić information content (AvgIpc) is 2.82. The summed E-state index contributed by atoms with van der Waals surface area (Å²) in [6, 6.07) is 0.127. The zero-order valence-electron chi connectivity index (χ0n) is 15.3. The summed E-state index contributed by atoms with van der Waals surface area (Å²) in [6.07, 6.45) is 1.62. The van der Waals surface area contributed by atoms with Crippen molar-refractivity contribution in [3.05, 3.63) is 26.6 Å². The van der Waals surface area contributed by atoms with E-state index in [1.807, 2.05) is 18.7 Å². The monoisotopic (exact) mass is 362 g/mol. The number of nitrogens with zero attached hydrogens (tertiary/aromatic N) is 2. The molecule has 0 saturated carbocycles. The third kappa shape index (κ3) is 3.48. The van der Waals surface area contributed by atoms with E-state index in [-0.39, 0.29) is 22.9 Å². The van der Waals surface area contributed by atoms with Crippen molar-refractivity contribution in [1.29, 1.82) is 0 Å². The fourth-order valence-corrected chi connectivity index (χ4v) is 4.44. The molecule has 0 spiro atoms. The van der Waals surface area contributed by atoms with Crippen LogP contribution in [0.15, 0.2) is 4.79 Å². The number of hydrogen-bond donors (Lipinski definition) is 2. The van der Waals surface area contributed by atoms with Gasteiger partial charge in [-0.3, -0.25) is 9.59 Å². The molecule has 0 aromatic carbocycles. The zero-order chi connectivity index (χ0) is 18.4. The van der Waals surface area contributed by atoms with Gasteiger partial charge in [-0.1, -0.05) is 13.8 Å². The summed E-state index contributed by atoms with van der Waals surface area (Å²) >= 11 is 1.53. The summed E-state index contributed by atoms with van der Waals surface area (Å²) in [4.78, 5) is 36.0. The van der Waals surface area contributed by atoms with Crippen molar-refractivity contribution in [3.8, 4) is 0 Å². The number of nitrogens with one attached hydrogen (secondary N) is 1. The van der Waals surface area contributed by atoms with E-state index < -0.39 is 0 Å². The Labute approximate surface area is 151 Å². The van der Waals surface area contributed by atoms with Crippen LogP contribution in [0.25, 0.3) is 10.2 Å². The Hall–Kier alpha value is -1.73. The van der Waals surface area contributed by atoms with E-state index in [0.717, 1.165) is 21.7 Å². The van der Waals surface area contributed by atoms with Gasteiger partial charge in [0.2, 0.25) is 5.91 Å². The predicted octanol–water partition coefficient (Wildman–Crippen LogP) is 2.12. The number of H-pyrrole nitrogens is 1. The Morgan fingerprint density at radius 3 is 2.84 bits per heavy atom. The van der Waals surface area contributed by atoms with Crippen LogP contribution in [0.2, 0.25) is 0 Å². The highest BCUT2D eigenvalue weighted by molar-refractivity contribution is 7.18. The lowest BCUT2D eigenvalue weighted by atomic mass is 9.79. The summed E-state index contributed by atoms with van der Waals surface area (Å²) in [5, 5.41) is 0.671. The van der Waals surface area contributed by atoms with Crippen LogP contribution in [0.1, 0.15) is 43.0 Å². The molecule has 1 aliphatic rings. The van der Waals surface area contributed by atoms with Gasteiger partial charge in [0.05, 0.1) is 5.39 Å². The Balaban J connectivity index is 1.70. The molecule has 0 aliphatic carbocycles. The first-order valence-corrected chi connectivity index (χ1v) is 9.53. The molecule has 1 amide bonds. The van der Waals surface area contributed by atoms with Crippen molar-refractivity contribution < 1.29 is 4.79 Å². The second-order valence-corrected chi connectivity index (χ2v) is 8.88. The van der Waals surface area contributed by atoms with Gasteiger partial charge >= 0.3 is 0 Å². The predicted molar refractivity (Wildman–Crippen MR) is 101 cm³/mol. The fraction of sp³-hybridized carbons (Fsp3) is 0.611. The third-order valence-corrected chi connectivity index (χ3v) is 6.43. The maximum absolute atomic E-state index is 12.5. The van der Waals surface area contributed by atoms with Gasteiger partial charge in [0.1, 0.15) is 10.7 Å². The quantitative estimate of drug-likeness (QED) is 0.875. The zero-order valence-corrected chi connectivity index (χ0v) is 16.1. The van der Waals surface area contributed by atoms with Gasteiger partial charge in [0, 0.05) is 36.9 Å². The van der Waals surface area contributed by atoms with Gasteiger partial charge in [-0.15, -0.1) is 11.3 Å². The van der Waals surface area contributed by atoms with E-state index in [0.29, 0.717) is 37.1 Å². The van der Waals surface area contributed by atoms with Crippen LogP contribution < -0.4 is 11.3 Å². The Kier molecular flexibility index (Phi) is 4.72. The van der Waals surface area contributed by atoms with Crippen LogP contribution in [0.5, 0.6) is 0 Å². The molecule has 3 rings (SSSR count). The first kappa shape index (κ1) is 18.1. The number of likely N-dealkylation sites (tertiary alicyclic amines) is 1. The Morgan fingerprint density at radius 1 is 1.44 bits per heavy atom. The van der Waals surface area contributed by atoms with Crippen molar-refractivity contribution in [1.82, 2.24) is 14.9 Å². The van der Waals surface area contributed by atoms with Crippen molar-refractivity contribution >= 4 is 27.5 Å². The van der Waals surface area contributed by atoms with Crippen LogP contribution in [-0.4, -0.2) is 39.9 Å². The summed E-state index contributed by atoms with van der Waals surface area (Å²) in [7, 11) is 0. The van der Waals surface area contributed by atoms with E-state index in [1.165, 1.54) is 11.3 Å². The molecule has 2 aromatic rings. The van der Waals surface area contributed by atoms with Gasteiger partial charge in [0.25, 0.3) is 5.56 Å². The summed E-state index contributed by atoms with van der Waals surface area (Å²) in [6.45, 7) is 9.52. The van der Waals surface area contributed by atoms with Crippen molar-refractivity contribution in [2.24, 2.45) is 11.1 Å². The standard InChI is InChI=1S/C18H26N4O2S/c1-10-11(2)25-17-15(10)16(24)20-13(21-17)5-6-14(23)22-8-7-12(19)18(3,4)9-22/h12H,5-9,19H2,1-4H3,(H,20,21,24). The van der Waals surface area contributed by atoms with Crippen LogP contribution in [0.4, 0.5) is 0 Å². The number of rotatable bonds is 3. The highest BCUT2D eigenvalue weighted by atomic mass is 32.1. The molecule has 0 radical (unpaired) electrons. The molecule has 0 bridgehead atoms. The summed E-state index contributed by atoms with van der Waals surface area (Å²) in [5.41, 5.74) is 6.95. The van der Waals surface area contributed by atoms with Gasteiger partial charge < -0.3 is 15.6 Å². The van der Waals surface area contributed by atoms with Gasteiger partial charge in [-0.05, 0) is 31.2 Å². The SMILES string of the molecule is Cc1sc2nc(CCC(=O)N3CCC(N)C(C)(C)C3)[nH]c(=O)c2c1C. The molecule has 25 heavy (non-hydrogen) atoms. The van der Waals surface area contributed by atoms with Gasteiger partial charge in [-0.2, -0.15) is 0 Å². The molecule has 1 atom stereocenters. The molecule has 136 valence electrons. The molecule has 1 saturated heterocycles. The minimum atomic E-state index is -0.112. The van der Waals surface area contributed by atoms with Crippen LogP contribution >= 0.6 is 11.3 Å². The molecule has 7 heteroatoms. The number of nitrogens with two attached hydrogens (primary N) is 1. The van der Waals surface area contributed by atoms with Crippen LogP contribution in [-0.2, 0) is 11.2 Å². The van der Waals surface area contributed by atoms with E-state index in [4.69, 9.17) is 5.73 Å². The summed E-state index contributed by atoms with van der Waals surface area (Å²) in [5.74, 6) is 0.682. The van der Waals surface area contributed by atoms with Gasteiger partial charge in [-0.25, -0.2) is 4.98 Å². The number of aromatic amines is 1. The average molecular weight is 362 g/mol. The topological polar surface area (TPSA) is 92.1 Å². The fourth-order valence-electron chi connectivity index (χ4n) is 3.39. The number of carbonyl (C=O) groups is 1. The Morgan fingerprint density at radius 2 is 2.16 bits per heavy atom. The summed E-state index contributed by atoms with van der Waals surface area (Å²) < 4.78 is 0. The lowest BCUT2D eigenvalue weighted by molar-refractivity contribution is -0.134. The first-order chi connectivity index (χ1) is 11.7. The van der Waals surface area contributed by atoms with Crippen LogP contribution in [0.3, 0.4) is 0 Å². The molecule has 6 nitrogen and oxygen atoms in total. The van der Waals surface area contributed by atoms with Crippen molar-refractivity contribution in [2.75, 3.05) is 13.1 Å². The number of thiophene rings is 1. The largest absolute Gasteiger partial charge is 0.342 e. The van der Waals surface area contributed by atoms with Crippen molar-refractivity contribution in [3.63, 3.8) is 0 Å². The lowest BCUT2D eigenvalue weighted by Crippen LogP contribution is -2.54. The number of hydrogen-bond acceptors (Lipinski definition) is 5. The maximum Gasteiger partial charge on any atom is 0.259 e. The normalized spacial score (nSPS) is 20.2. The molecule has 2 aromatic heterocycles. The minimum Gasteiger partial charge on any atom is -0.342 e. The van der Waals surface area contributed by atoms with Crippen LogP contribution in [0, 0.1) is 19.3 Å². The number of carbonyl (C=O) groups excluding carboxylic acids is 1. The number of aryl methyl sites for hydroxylation is 3. The maximum atomic E-state index is 12.5. The van der Waals surface area contributed by atoms with E-state index in [9.17, 15) is 9.59 Å². The minimum absolute atomic E-state index is 0.0641. The number of fused-ring (bicyclic) bond motifs is 1. The third-order valence-electron chi connectivity index (χ3n) is 5.33. The second-order valence-electron chi connectivity index (χ2n) is 7.68. The molecule has 1 fully saturated rings. The molecule has 1 unspecified atom stereocenters.